The van der Waals surface area contributed by atoms with E-state index in [1.54, 1.807) is 0 Å². The molecule has 0 radical (unpaired) electrons. The van der Waals surface area contributed by atoms with Crippen molar-refractivity contribution in [1.29, 1.82) is 0 Å². The number of hydrogen-bond donors (Lipinski definition) is 3. The van der Waals surface area contributed by atoms with Crippen molar-refractivity contribution in [2.45, 2.75) is 37.6 Å². The second kappa shape index (κ2) is 4.58. The molecule has 0 aliphatic heterocycles. The number of rotatable bonds is 4. The van der Waals surface area contributed by atoms with E-state index in [1.165, 1.54) is 0 Å². The van der Waals surface area contributed by atoms with Gasteiger partial charge in [0.15, 0.2) is 0 Å². The lowest BCUT2D eigenvalue weighted by Crippen LogP contribution is -2.54. The van der Waals surface area contributed by atoms with Crippen LogP contribution in [-0.4, -0.2) is 34.9 Å². The van der Waals surface area contributed by atoms with Gasteiger partial charge in [0.25, 0.3) is 0 Å². The Labute approximate surface area is 78.0 Å². The number of nitrogens with one attached hydrogen (secondary N) is 1. The number of β-amino-alcohol motifs (C(OH)–C–C–N with tert-alkyl or cyclic N) is 1. The van der Waals surface area contributed by atoms with Gasteiger partial charge in [-0.2, -0.15) is 0 Å². The van der Waals surface area contributed by atoms with E-state index < -0.39 is 11.5 Å². The van der Waals surface area contributed by atoms with Crippen molar-refractivity contribution in [3.8, 4) is 0 Å². The number of aliphatic hydroxyl groups excluding tert-OH is 1. The molecule has 0 aromatic rings. The Bertz CT molecular complexity index is 176. The van der Waals surface area contributed by atoms with Crippen LogP contribution >= 0.6 is 0 Å². The summed E-state index contributed by atoms with van der Waals surface area (Å²) < 4.78 is 0. The van der Waals surface area contributed by atoms with Gasteiger partial charge in [0.1, 0.15) is 5.54 Å². The zero-order chi connectivity index (χ0) is 9.73. The zero-order valence-electron chi connectivity index (χ0n) is 7.75. The Morgan fingerprint density at radius 3 is 2.38 bits per heavy atom. The van der Waals surface area contributed by atoms with E-state index in [0.29, 0.717) is 19.4 Å². The molecule has 0 aromatic heterocycles. The molecule has 1 rings (SSSR count). The molecule has 76 valence electrons. The highest BCUT2D eigenvalue weighted by atomic mass is 16.4. The molecular weight excluding hydrogens is 170 g/mol. The van der Waals surface area contributed by atoms with Crippen LogP contribution in [0.4, 0.5) is 0 Å². The number of carboxylic acid groups (broad SMARTS) is 1. The molecule has 0 amide bonds. The van der Waals surface area contributed by atoms with E-state index >= 15 is 0 Å². The van der Waals surface area contributed by atoms with Crippen LogP contribution in [-0.2, 0) is 4.79 Å². The Kier molecular flexibility index (Phi) is 3.69. The van der Waals surface area contributed by atoms with E-state index in [0.717, 1.165) is 19.3 Å². The van der Waals surface area contributed by atoms with Gasteiger partial charge < -0.3 is 10.2 Å². The lowest BCUT2D eigenvalue weighted by atomic mass is 9.82. The topological polar surface area (TPSA) is 69.6 Å². The average Bonchev–Trinajstić information content (AvgIpc) is 2.16. The van der Waals surface area contributed by atoms with Crippen molar-refractivity contribution in [3.63, 3.8) is 0 Å². The molecule has 13 heavy (non-hydrogen) atoms. The Balaban J connectivity index is 2.56. The first kappa shape index (κ1) is 10.5. The van der Waals surface area contributed by atoms with Crippen LogP contribution in [0, 0.1) is 0 Å². The van der Waals surface area contributed by atoms with Crippen LogP contribution in [0.5, 0.6) is 0 Å². The summed E-state index contributed by atoms with van der Waals surface area (Å²) in [6.07, 6.45) is 4.41. The first-order chi connectivity index (χ1) is 6.21. The number of aliphatic carboxylic acids is 1. The molecule has 0 bridgehead atoms. The summed E-state index contributed by atoms with van der Waals surface area (Å²) in [5.41, 5.74) is -0.763. The monoisotopic (exact) mass is 187 g/mol. The molecule has 0 aromatic carbocycles. The molecule has 0 heterocycles. The third kappa shape index (κ3) is 2.42. The van der Waals surface area contributed by atoms with Crippen molar-refractivity contribution in [3.05, 3.63) is 0 Å². The van der Waals surface area contributed by atoms with Crippen molar-refractivity contribution in [1.82, 2.24) is 5.32 Å². The van der Waals surface area contributed by atoms with Crippen molar-refractivity contribution in [2.75, 3.05) is 13.2 Å². The van der Waals surface area contributed by atoms with Crippen LogP contribution in [0.1, 0.15) is 32.1 Å². The molecule has 1 fully saturated rings. The van der Waals surface area contributed by atoms with Crippen LogP contribution in [0.2, 0.25) is 0 Å². The molecule has 4 heteroatoms. The third-order valence-electron chi connectivity index (χ3n) is 2.69. The molecule has 1 aliphatic carbocycles. The molecule has 1 saturated carbocycles. The van der Waals surface area contributed by atoms with Gasteiger partial charge >= 0.3 is 5.97 Å². The minimum Gasteiger partial charge on any atom is -0.480 e. The second-order valence-corrected chi connectivity index (χ2v) is 3.60. The fourth-order valence-electron chi connectivity index (χ4n) is 1.92. The molecule has 0 unspecified atom stereocenters. The number of carboxylic acids is 1. The third-order valence-corrected chi connectivity index (χ3v) is 2.69. The van der Waals surface area contributed by atoms with Gasteiger partial charge in [-0.25, -0.2) is 0 Å². The average molecular weight is 187 g/mol. The molecular formula is C9H17NO3. The molecule has 1 aliphatic rings. The van der Waals surface area contributed by atoms with Gasteiger partial charge in [0.2, 0.25) is 0 Å². The number of aliphatic hydroxyl groups is 1. The Hall–Kier alpha value is -0.610. The van der Waals surface area contributed by atoms with Gasteiger partial charge in [-0.05, 0) is 12.8 Å². The van der Waals surface area contributed by atoms with E-state index in [2.05, 4.69) is 5.32 Å². The summed E-state index contributed by atoms with van der Waals surface area (Å²) in [5, 5.41) is 20.6. The first-order valence-corrected chi connectivity index (χ1v) is 4.80. The lowest BCUT2D eigenvalue weighted by Gasteiger charge is -2.33. The lowest BCUT2D eigenvalue weighted by molar-refractivity contribution is -0.146. The number of carbonyl (C=O) groups is 1. The Morgan fingerprint density at radius 2 is 1.92 bits per heavy atom. The second-order valence-electron chi connectivity index (χ2n) is 3.60. The highest BCUT2D eigenvalue weighted by Crippen LogP contribution is 2.28. The quantitative estimate of drug-likeness (QED) is 0.594. The van der Waals surface area contributed by atoms with E-state index in [-0.39, 0.29) is 6.61 Å². The van der Waals surface area contributed by atoms with Gasteiger partial charge in [-0.15, -0.1) is 0 Å². The fraction of sp³-hybridized carbons (Fsp3) is 0.889. The van der Waals surface area contributed by atoms with Crippen LogP contribution in [0.15, 0.2) is 0 Å². The van der Waals surface area contributed by atoms with Crippen molar-refractivity contribution < 1.29 is 15.0 Å². The predicted octanol–water partition coefficient (Wildman–Crippen LogP) is 0.356. The number of hydrogen-bond acceptors (Lipinski definition) is 3. The van der Waals surface area contributed by atoms with Crippen molar-refractivity contribution >= 4 is 5.97 Å². The van der Waals surface area contributed by atoms with Gasteiger partial charge in [-0.1, -0.05) is 19.3 Å². The highest BCUT2D eigenvalue weighted by Gasteiger charge is 2.38. The fourth-order valence-corrected chi connectivity index (χ4v) is 1.92. The van der Waals surface area contributed by atoms with Crippen LogP contribution in [0.25, 0.3) is 0 Å². The molecule has 3 N–H and O–H groups in total. The molecule has 0 spiro atoms. The van der Waals surface area contributed by atoms with E-state index in [1.807, 2.05) is 0 Å². The standard InChI is InChI=1S/C9H17NO3/c11-7-6-10-9(8(12)13)4-2-1-3-5-9/h10-11H,1-7H2,(H,12,13). The molecule has 0 saturated heterocycles. The van der Waals surface area contributed by atoms with Gasteiger partial charge in [0.05, 0.1) is 6.61 Å². The first-order valence-electron chi connectivity index (χ1n) is 4.80. The summed E-state index contributed by atoms with van der Waals surface area (Å²) in [6.45, 7) is 0.362. The minimum atomic E-state index is -0.777. The predicted molar refractivity (Wildman–Crippen MR) is 48.5 cm³/mol. The maximum absolute atomic E-state index is 11.0. The van der Waals surface area contributed by atoms with Crippen molar-refractivity contribution in [2.24, 2.45) is 0 Å². The smallest absolute Gasteiger partial charge is 0.323 e. The molecule has 0 atom stereocenters. The summed E-state index contributed by atoms with van der Waals surface area (Å²) in [7, 11) is 0. The summed E-state index contributed by atoms with van der Waals surface area (Å²) in [5.74, 6) is -0.777. The minimum absolute atomic E-state index is 0.00493. The zero-order valence-corrected chi connectivity index (χ0v) is 7.75. The normalized spacial score (nSPS) is 21.3. The van der Waals surface area contributed by atoms with Gasteiger partial charge in [0, 0.05) is 6.54 Å². The Morgan fingerprint density at radius 1 is 1.31 bits per heavy atom. The maximum Gasteiger partial charge on any atom is 0.323 e. The highest BCUT2D eigenvalue weighted by molar-refractivity contribution is 5.78. The summed E-state index contributed by atoms with van der Waals surface area (Å²) in [4.78, 5) is 11.0. The van der Waals surface area contributed by atoms with E-state index in [9.17, 15) is 4.79 Å². The van der Waals surface area contributed by atoms with Crippen LogP contribution < -0.4 is 5.32 Å². The SMILES string of the molecule is O=C(O)C1(NCCO)CCCCC1. The largest absolute Gasteiger partial charge is 0.480 e. The molecule has 4 nitrogen and oxygen atoms in total. The summed E-state index contributed by atoms with van der Waals surface area (Å²) in [6, 6.07) is 0. The maximum atomic E-state index is 11.0. The van der Waals surface area contributed by atoms with Gasteiger partial charge in [-0.3, -0.25) is 10.1 Å². The summed E-state index contributed by atoms with van der Waals surface area (Å²) >= 11 is 0. The van der Waals surface area contributed by atoms with E-state index in [4.69, 9.17) is 10.2 Å². The van der Waals surface area contributed by atoms with Crippen LogP contribution in [0.3, 0.4) is 0 Å².